The number of allylic oxidation sites excluding steroid dienone is 3. The van der Waals surface area contributed by atoms with Crippen molar-refractivity contribution in [2.75, 3.05) is 33.1 Å². The van der Waals surface area contributed by atoms with E-state index in [1.54, 1.807) is 17.1 Å². The average molecular weight is 367 g/mol. The van der Waals surface area contributed by atoms with Gasteiger partial charge in [0.15, 0.2) is 0 Å². The third-order valence-corrected chi connectivity index (χ3v) is 5.77. The first kappa shape index (κ1) is 16.8. The summed E-state index contributed by atoms with van der Waals surface area (Å²) in [5.41, 5.74) is 2.93. The van der Waals surface area contributed by atoms with E-state index in [2.05, 4.69) is 33.1 Å². The molecule has 0 saturated carbocycles. The quantitative estimate of drug-likeness (QED) is 0.712. The van der Waals surface area contributed by atoms with Crippen molar-refractivity contribution < 1.29 is 0 Å². The highest BCUT2D eigenvalue weighted by Gasteiger charge is 2.19. The van der Waals surface area contributed by atoms with Crippen LogP contribution in [0.2, 0.25) is 0 Å². The van der Waals surface area contributed by atoms with Crippen LogP contribution in [0.15, 0.2) is 47.3 Å². The van der Waals surface area contributed by atoms with Gasteiger partial charge in [-0.05, 0) is 18.6 Å². The largest absolute Gasteiger partial charge is 0.378 e. The molecule has 1 atom stereocenters. The molecule has 0 N–H and O–H groups in total. The first-order chi connectivity index (χ1) is 12.5. The number of aromatic nitrogens is 3. The van der Waals surface area contributed by atoms with Gasteiger partial charge in [0.2, 0.25) is 0 Å². The molecule has 0 aromatic carbocycles. The number of thiophene rings is 1. The second-order valence-corrected chi connectivity index (χ2v) is 7.83. The van der Waals surface area contributed by atoms with Crippen molar-refractivity contribution in [3.05, 3.63) is 52.9 Å². The SMILES string of the molecule is CN(C)C1=CCC(n2cnc3c(sc4nccc(N(C)C)c43)c2=O)C=C1. The maximum atomic E-state index is 13.1. The number of fused-ring (bicyclic) bond motifs is 3. The summed E-state index contributed by atoms with van der Waals surface area (Å²) in [4.78, 5) is 27.2. The van der Waals surface area contributed by atoms with Crippen LogP contribution in [0.3, 0.4) is 0 Å². The lowest BCUT2D eigenvalue weighted by Crippen LogP contribution is -2.25. The number of hydrogen-bond donors (Lipinski definition) is 0. The summed E-state index contributed by atoms with van der Waals surface area (Å²) >= 11 is 1.42. The minimum absolute atomic E-state index is 0.000871. The van der Waals surface area contributed by atoms with E-state index in [0.717, 1.165) is 33.5 Å². The summed E-state index contributed by atoms with van der Waals surface area (Å²) in [6, 6.07) is 1.95. The highest BCUT2D eigenvalue weighted by atomic mass is 32.1. The minimum atomic E-state index is -0.00501. The summed E-state index contributed by atoms with van der Waals surface area (Å²) in [5.74, 6) is 0. The third-order valence-electron chi connectivity index (χ3n) is 4.70. The minimum Gasteiger partial charge on any atom is -0.378 e. The highest BCUT2D eigenvalue weighted by molar-refractivity contribution is 7.25. The molecule has 0 spiro atoms. The molecule has 3 aromatic rings. The fourth-order valence-corrected chi connectivity index (χ4v) is 4.35. The molecule has 1 aliphatic carbocycles. The second-order valence-electron chi connectivity index (χ2n) is 6.83. The third kappa shape index (κ3) is 2.59. The number of pyridine rings is 1. The fraction of sp³-hybridized carbons (Fsp3) is 0.316. The molecule has 3 heterocycles. The molecule has 6 nitrogen and oxygen atoms in total. The van der Waals surface area contributed by atoms with Gasteiger partial charge in [-0.15, -0.1) is 11.3 Å². The molecule has 0 amide bonds. The Morgan fingerprint density at radius 2 is 2.00 bits per heavy atom. The van der Waals surface area contributed by atoms with E-state index in [4.69, 9.17) is 0 Å². The van der Waals surface area contributed by atoms with E-state index in [-0.39, 0.29) is 11.6 Å². The van der Waals surface area contributed by atoms with Crippen molar-refractivity contribution in [2.24, 2.45) is 0 Å². The van der Waals surface area contributed by atoms with Gasteiger partial charge in [0.1, 0.15) is 9.53 Å². The standard InChI is InChI=1S/C19H21N5OS/c1-22(2)12-5-7-13(8-6-12)24-11-21-16-15-14(23(3)4)9-10-20-18(15)26-17(16)19(24)25/h5-7,9-11,13H,8H2,1-4H3. The van der Waals surface area contributed by atoms with Crippen LogP contribution in [-0.2, 0) is 0 Å². The van der Waals surface area contributed by atoms with Gasteiger partial charge in [0.05, 0.1) is 29.0 Å². The Labute approximate surface area is 155 Å². The Hall–Kier alpha value is -2.67. The number of likely N-dealkylation sites (N-methyl/N-ethyl adjacent to an activating group) is 1. The van der Waals surface area contributed by atoms with E-state index >= 15 is 0 Å². The van der Waals surface area contributed by atoms with Crippen molar-refractivity contribution in [1.29, 1.82) is 0 Å². The molecule has 134 valence electrons. The molecule has 7 heteroatoms. The number of nitrogens with zero attached hydrogens (tertiary/aromatic N) is 5. The van der Waals surface area contributed by atoms with Crippen molar-refractivity contribution in [3.63, 3.8) is 0 Å². The van der Waals surface area contributed by atoms with Crippen LogP contribution in [0.25, 0.3) is 20.4 Å². The van der Waals surface area contributed by atoms with Crippen molar-refractivity contribution >= 4 is 37.5 Å². The van der Waals surface area contributed by atoms with Gasteiger partial charge in [-0.25, -0.2) is 9.97 Å². The van der Waals surface area contributed by atoms with Crippen LogP contribution >= 0.6 is 11.3 Å². The van der Waals surface area contributed by atoms with Crippen molar-refractivity contribution in [2.45, 2.75) is 12.5 Å². The highest BCUT2D eigenvalue weighted by Crippen LogP contribution is 2.35. The van der Waals surface area contributed by atoms with E-state index in [9.17, 15) is 4.79 Å². The Morgan fingerprint density at radius 1 is 1.19 bits per heavy atom. The maximum Gasteiger partial charge on any atom is 0.271 e. The number of hydrogen-bond acceptors (Lipinski definition) is 6. The molecule has 0 radical (unpaired) electrons. The molecular weight excluding hydrogens is 346 g/mol. The van der Waals surface area contributed by atoms with E-state index in [1.165, 1.54) is 11.3 Å². The van der Waals surface area contributed by atoms with E-state index in [1.807, 2.05) is 39.2 Å². The maximum absolute atomic E-state index is 13.1. The summed E-state index contributed by atoms with van der Waals surface area (Å²) in [6.45, 7) is 0. The Balaban J connectivity index is 1.85. The van der Waals surface area contributed by atoms with Gasteiger partial charge in [0, 0.05) is 40.1 Å². The Morgan fingerprint density at radius 3 is 2.65 bits per heavy atom. The lowest BCUT2D eigenvalue weighted by Gasteiger charge is -2.22. The van der Waals surface area contributed by atoms with Gasteiger partial charge in [0.25, 0.3) is 5.56 Å². The van der Waals surface area contributed by atoms with Crippen LogP contribution in [0.5, 0.6) is 0 Å². The van der Waals surface area contributed by atoms with Gasteiger partial charge in [-0.2, -0.15) is 0 Å². The lowest BCUT2D eigenvalue weighted by atomic mass is 10.1. The molecule has 1 unspecified atom stereocenters. The smallest absolute Gasteiger partial charge is 0.271 e. The van der Waals surface area contributed by atoms with E-state index in [0.29, 0.717) is 4.70 Å². The van der Waals surface area contributed by atoms with Crippen LogP contribution in [0, 0.1) is 0 Å². The first-order valence-corrected chi connectivity index (χ1v) is 9.30. The van der Waals surface area contributed by atoms with E-state index < -0.39 is 0 Å². The van der Waals surface area contributed by atoms with Gasteiger partial charge < -0.3 is 9.80 Å². The fourth-order valence-electron chi connectivity index (χ4n) is 3.29. The van der Waals surface area contributed by atoms with Crippen LogP contribution in [-0.4, -0.2) is 47.6 Å². The average Bonchev–Trinajstić information content (AvgIpc) is 3.02. The summed E-state index contributed by atoms with van der Waals surface area (Å²) in [5, 5.41) is 0.954. The van der Waals surface area contributed by atoms with Crippen molar-refractivity contribution in [3.8, 4) is 0 Å². The summed E-state index contributed by atoms with van der Waals surface area (Å²) < 4.78 is 2.40. The molecule has 1 aliphatic rings. The van der Waals surface area contributed by atoms with Gasteiger partial charge >= 0.3 is 0 Å². The van der Waals surface area contributed by atoms with Crippen LogP contribution < -0.4 is 10.5 Å². The zero-order chi connectivity index (χ0) is 18.4. The number of rotatable bonds is 3. The van der Waals surface area contributed by atoms with Crippen LogP contribution in [0.1, 0.15) is 12.5 Å². The Bertz CT molecular complexity index is 1110. The zero-order valence-electron chi connectivity index (χ0n) is 15.3. The summed E-state index contributed by atoms with van der Waals surface area (Å²) in [6.07, 6.45) is 10.5. The molecule has 0 fully saturated rings. The molecule has 0 bridgehead atoms. The van der Waals surface area contributed by atoms with Crippen molar-refractivity contribution in [1.82, 2.24) is 19.4 Å². The zero-order valence-corrected chi connectivity index (χ0v) is 16.1. The monoisotopic (exact) mass is 367 g/mol. The molecule has 26 heavy (non-hydrogen) atoms. The molecular formula is C19H21N5OS. The topological polar surface area (TPSA) is 54.3 Å². The van der Waals surface area contributed by atoms with Gasteiger partial charge in [-0.1, -0.05) is 12.2 Å². The second kappa shape index (κ2) is 6.25. The molecule has 3 aromatic heterocycles. The number of anilines is 1. The molecule has 0 saturated heterocycles. The van der Waals surface area contributed by atoms with Crippen LogP contribution in [0.4, 0.5) is 5.69 Å². The lowest BCUT2D eigenvalue weighted by molar-refractivity contribution is 0.505. The molecule has 4 rings (SSSR count). The normalized spacial score (nSPS) is 16.9. The van der Waals surface area contributed by atoms with Gasteiger partial charge in [-0.3, -0.25) is 9.36 Å². The Kier molecular flexibility index (Phi) is 4.03. The predicted molar refractivity (Wildman–Crippen MR) is 108 cm³/mol. The predicted octanol–water partition coefficient (Wildman–Crippen LogP) is 3.02. The first-order valence-electron chi connectivity index (χ1n) is 8.48. The summed E-state index contributed by atoms with van der Waals surface area (Å²) in [7, 11) is 8.01. The molecule has 0 aliphatic heterocycles.